The molecule has 1 aliphatic rings. The second-order valence-corrected chi connectivity index (χ2v) is 7.17. The number of rotatable bonds is 6. The number of nitrogens with one attached hydrogen (secondary N) is 1. The van der Waals surface area contributed by atoms with E-state index in [2.05, 4.69) is 45.1 Å². The van der Waals surface area contributed by atoms with E-state index in [1.807, 2.05) is 24.4 Å². The van der Waals surface area contributed by atoms with Crippen LogP contribution in [0.15, 0.2) is 54.7 Å². The third-order valence-corrected chi connectivity index (χ3v) is 5.23. The zero-order valence-corrected chi connectivity index (χ0v) is 15.6. The lowest BCUT2D eigenvalue weighted by Gasteiger charge is -2.36. The van der Waals surface area contributed by atoms with E-state index in [9.17, 15) is 0 Å². The van der Waals surface area contributed by atoms with Crippen LogP contribution in [0.3, 0.4) is 0 Å². The molecule has 1 saturated heterocycles. The van der Waals surface area contributed by atoms with Gasteiger partial charge in [0.1, 0.15) is 5.75 Å². The van der Waals surface area contributed by atoms with E-state index in [0.717, 1.165) is 62.0 Å². The molecule has 4 rings (SSSR count). The molecule has 0 spiro atoms. The van der Waals surface area contributed by atoms with E-state index in [4.69, 9.17) is 16.3 Å². The van der Waals surface area contributed by atoms with Crippen molar-refractivity contribution in [1.29, 1.82) is 0 Å². The summed E-state index contributed by atoms with van der Waals surface area (Å²) in [6.07, 6.45) is 3.00. The molecule has 0 saturated carbocycles. The first kappa shape index (κ1) is 17.3. The normalized spacial score (nSPS) is 15.5. The summed E-state index contributed by atoms with van der Waals surface area (Å²) < 4.78 is 5.91. The number of piperazine rings is 1. The van der Waals surface area contributed by atoms with Gasteiger partial charge in [0.05, 0.1) is 6.61 Å². The second kappa shape index (κ2) is 8.02. The standard InChI is InChI=1S/C21H24ClN3O/c22-18-2-4-19(5-3-18)25-13-11-24(12-14-25)10-1-15-26-20-6-7-21-17(16-20)8-9-23-21/h2-9,16,23H,1,10-15H2. The first-order valence-corrected chi connectivity index (χ1v) is 9.58. The van der Waals surface area contributed by atoms with Gasteiger partial charge in [0.25, 0.3) is 0 Å². The van der Waals surface area contributed by atoms with Gasteiger partial charge in [-0.2, -0.15) is 0 Å². The lowest BCUT2D eigenvalue weighted by atomic mass is 10.2. The third kappa shape index (κ3) is 4.14. The van der Waals surface area contributed by atoms with E-state index in [0.29, 0.717) is 0 Å². The molecule has 0 amide bonds. The summed E-state index contributed by atoms with van der Waals surface area (Å²) in [7, 11) is 0. The molecule has 1 aromatic heterocycles. The first-order valence-electron chi connectivity index (χ1n) is 9.21. The predicted molar refractivity (Wildman–Crippen MR) is 109 cm³/mol. The Balaban J connectivity index is 1.18. The number of hydrogen-bond acceptors (Lipinski definition) is 3. The summed E-state index contributed by atoms with van der Waals surface area (Å²) in [6, 6.07) is 16.4. The smallest absolute Gasteiger partial charge is 0.120 e. The molecule has 0 aliphatic carbocycles. The van der Waals surface area contributed by atoms with Crippen molar-refractivity contribution in [3.8, 4) is 5.75 Å². The van der Waals surface area contributed by atoms with E-state index in [-0.39, 0.29) is 0 Å². The number of anilines is 1. The highest BCUT2D eigenvalue weighted by Gasteiger charge is 2.16. The molecule has 0 atom stereocenters. The van der Waals surface area contributed by atoms with Crippen molar-refractivity contribution in [2.75, 3.05) is 44.2 Å². The number of aromatic amines is 1. The Morgan fingerprint density at radius 3 is 2.58 bits per heavy atom. The molecular weight excluding hydrogens is 346 g/mol. The van der Waals surface area contributed by atoms with Gasteiger partial charge in [-0.3, -0.25) is 4.90 Å². The van der Waals surface area contributed by atoms with Crippen molar-refractivity contribution in [3.05, 3.63) is 59.8 Å². The number of hydrogen-bond donors (Lipinski definition) is 1. The van der Waals surface area contributed by atoms with Crippen LogP contribution >= 0.6 is 11.6 Å². The highest BCUT2D eigenvalue weighted by atomic mass is 35.5. The van der Waals surface area contributed by atoms with Crippen molar-refractivity contribution in [1.82, 2.24) is 9.88 Å². The topological polar surface area (TPSA) is 31.5 Å². The molecule has 0 radical (unpaired) electrons. The number of halogens is 1. The minimum absolute atomic E-state index is 0.757. The average Bonchev–Trinajstić information content (AvgIpc) is 3.14. The molecule has 26 heavy (non-hydrogen) atoms. The molecule has 1 N–H and O–H groups in total. The average molecular weight is 370 g/mol. The molecule has 4 nitrogen and oxygen atoms in total. The van der Waals surface area contributed by atoms with E-state index < -0.39 is 0 Å². The van der Waals surface area contributed by atoms with Crippen LogP contribution in [0, 0.1) is 0 Å². The summed E-state index contributed by atoms with van der Waals surface area (Å²) in [5.41, 5.74) is 2.41. The van der Waals surface area contributed by atoms with Crippen LogP contribution < -0.4 is 9.64 Å². The van der Waals surface area contributed by atoms with Crippen LogP contribution in [0.2, 0.25) is 5.02 Å². The Morgan fingerprint density at radius 1 is 0.962 bits per heavy atom. The van der Waals surface area contributed by atoms with Gasteiger partial charge >= 0.3 is 0 Å². The Kier molecular flexibility index (Phi) is 5.32. The molecule has 0 unspecified atom stereocenters. The molecule has 5 heteroatoms. The van der Waals surface area contributed by atoms with Crippen LogP contribution in [-0.4, -0.2) is 49.2 Å². The first-order chi connectivity index (χ1) is 12.8. The van der Waals surface area contributed by atoms with Gasteiger partial charge in [0.2, 0.25) is 0 Å². The Bertz CT molecular complexity index is 838. The van der Waals surface area contributed by atoms with Crippen molar-refractivity contribution < 1.29 is 4.74 Å². The Labute approximate surface area is 159 Å². The van der Waals surface area contributed by atoms with Crippen LogP contribution in [0.25, 0.3) is 10.9 Å². The van der Waals surface area contributed by atoms with Gasteiger partial charge < -0.3 is 14.6 Å². The zero-order chi connectivity index (χ0) is 17.8. The lowest BCUT2D eigenvalue weighted by molar-refractivity contribution is 0.225. The number of nitrogens with zero attached hydrogens (tertiary/aromatic N) is 2. The second-order valence-electron chi connectivity index (χ2n) is 6.73. The minimum atomic E-state index is 0.757. The lowest BCUT2D eigenvalue weighted by Crippen LogP contribution is -2.46. The fraction of sp³-hybridized carbons (Fsp3) is 0.333. The van der Waals surface area contributed by atoms with Crippen LogP contribution in [0.4, 0.5) is 5.69 Å². The maximum absolute atomic E-state index is 5.97. The quantitative estimate of drug-likeness (QED) is 0.653. The van der Waals surface area contributed by atoms with Crippen LogP contribution in [-0.2, 0) is 0 Å². The molecular formula is C21H24ClN3O. The van der Waals surface area contributed by atoms with Crippen molar-refractivity contribution in [2.45, 2.75) is 6.42 Å². The van der Waals surface area contributed by atoms with Crippen molar-refractivity contribution in [2.24, 2.45) is 0 Å². The number of benzene rings is 2. The summed E-state index contributed by atoms with van der Waals surface area (Å²) >= 11 is 5.97. The number of aromatic nitrogens is 1. The third-order valence-electron chi connectivity index (χ3n) is 4.98. The molecule has 136 valence electrons. The van der Waals surface area contributed by atoms with Crippen molar-refractivity contribution >= 4 is 28.2 Å². The maximum Gasteiger partial charge on any atom is 0.120 e. The maximum atomic E-state index is 5.97. The SMILES string of the molecule is Clc1ccc(N2CCN(CCCOc3ccc4[nH]ccc4c3)CC2)cc1. The van der Waals surface area contributed by atoms with Gasteiger partial charge in [-0.25, -0.2) is 0 Å². The van der Waals surface area contributed by atoms with Gasteiger partial charge in [0.15, 0.2) is 0 Å². The number of fused-ring (bicyclic) bond motifs is 1. The largest absolute Gasteiger partial charge is 0.494 e. The monoisotopic (exact) mass is 369 g/mol. The Morgan fingerprint density at radius 2 is 1.77 bits per heavy atom. The van der Waals surface area contributed by atoms with E-state index >= 15 is 0 Å². The fourth-order valence-electron chi connectivity index (χ4n) is 3.48. The summed E-state index contributed by atoms with van der Waals surface area (Å²) in [6.45, 7) is 6.16. The van der Waals surface area contributed by atoms with Crippen LogP contribution in [0.1, 0.15) is 6.42 Å². The van der Waals surface area contributed by atoms with Crippen LogP contribution in [0.5, 0.6) is 5.75 Å². The highest BCUT2D eigenvalue weighted by Crippen LogP contribution is 2.21. The summed E-state index contributed by atoms with van der Waals surface area (Å²) in [4.78, 5) is 8.15. The molecule has 1 fully saturated rings. The molecule has 3 aromatic rings. The summed E-state index contributed by atoms with van der Waals surface area (Å²) in [5, 5.41) is 1.99. The summed E-state index contributed by atoms with van der Waals surface area (Å²) in [5.74, 6) is 0.949. The van der Waals surface area contributed by atoms with Gasteiger partial charge in [-0.15, -0.1) is 0 Å². The van der Waals surface area contributed by atoms with Gasteiger partial charge in [-0.1, -0.05) is 11.6 Å². The van der Waals surface area contributed by atoms with Gasteiger partial charge in [0, 0.05) is 60.5 Å². The molecule has 1 aliphatic heterocycles. The predicted octanol–water partition coefficient (Wildman–Crippen LogP) is 4.41. The van der Waals surface area contributed by atoms with E-state index in [1.165, 1.54) is 11.1 Å². The van der Waals surface area contributed by atoms with Gasteiger partial charge in [-0.05, 0) is 55.0 Å². The fourth-order valence-corrected chi connectivity index (χ4v) is 3.61. The van der Waals surface area contributed by atoms with Crippen molar-refractivity contribution in [3.63, 3.8) is 0 Å². The minimum Gasteiger partial charge on any atom is -0.494 e. The molecule has 0 bridgehead atoms. The molecule has 2 aromatic carbocycles. The highest BCUT2D eigenvalue weighted by molar-refractivity contribution is 6.30. The number of ether oxygens (including phenoxy) is 1. The Hall–Kier alpha value is -2.17. The van der Waals surface area contributed by atoms with E-state index in [1.54, 1.807) is 0 Å². The molecule has 2 heterocycles. The number of H-pyrrole nitrogens is 1. The zero-order valence-electron chi connectivity index (χ0n) is 14.8.